The highest BCUT2D eigenvalue weighted by atomic mass is 16.3. The van der Waals surface area contributed by atoms with Crippen molar-refractivity contribution in [1.82, 2.24) is 0 Å². The summed E-state index contributed by atoms with van der Waals surface area (Å²) >= 11 is 0. The highest BCUT2D eigenvalue weighted by molar-refractivity contribution is 6.08. The van der Waals surface area contributed by atoms with Crippen molar-refractivity contribution in [3.8, 4) is 11.1 Å². The maximum absolute atomic E-state index is 6.50. The highest BCUT2D eigenvalue weighted by Gasteiger charge is 2.87. The molecule has 4 aliphatic rings. The number of nitrogens with zero attached hydrogens (tertiary/aromatic N) is 2. The zero-order valence-corrected chi connectivity index (χ0v) is 30.1. The number of hydrogen-bond donors (Lipinski definition) is 0. The molecule has 4 aliphatic carbocycles. The number of benzene rings is 7. The first-order valence-electron chi connectivity index (χ1n) is 19.6. The molecular formula is C51H40N2O. The van der Waals surface area contributed by atoms with E-state index in [0.29, 0.717) is 10.8 Å². The van der Waals surface area contributed by atoms with E-state index in [1.165, 1.54) is 42.5 Å². The van der Waals surface area contributed by atoms with Crippen molar-refractivity contribution in [2.45, 2.75) is 31.1 Å². The van der Waals surface area contributed by atoms with Gasteiger partial charge in [-0.15, -0.1) is 0 Å². The average Bonchev–Trinajstić information content (AvgIpc) is 3.56. The van der Waals surface area contributed by atoms with Crippen molar-refractivity contribution in [1.29, 1.82) is 0 Å². The summed E-state index contributed by atoms with van der Waals surface area (Å²) in [5.41, 5.74) is 13.7. The minimum Gasteiger partial charge on any atom is -0.456 e. The fourth-order valence-corrected chi connectivity index (χ4v) is 11.9. The van der Waals surface area contributed by atoms with Gasteiger partial charge in [0.25, 0.3) is 0 Å². The van der Waals surface area contributed by atoms with Gasteiger partial charge in [-0.05, 0) is 150 Å². The van der Waals surface area contributed by atoms with Gasteiger partial charge in [0.15, 0.2) is 0 Å². The Hall–Kier alpha value is -6.06. The van der Waals surface area contributed by atoms with E-state index in [0.717, 1.165) is 68.1 Å². The van der Waals surface area contributed by atoms with E-state index in [-0.39, 0.29) is 0 Å². The van der Waals surface area contributed by atoms with Crippen LogP contribution in [0.1, 0.15) is 31.2 Å². The number of hydrogen-bond acceptors (Lipinski definition) is 3. The van der Waals surface area contributed by atoms with Gasteiger partial charge in [0, 0.05) is 50.3 Å². The molecule has 8 aromatic rings. The summed E-state index contributed by atoms with van der Waals surface area (Å²) in [4.78, 5) is 4.73. The lowest BCUT2D eigenvalue weighted by atomic mass is 9.12. The minimum absolute atomic E-state index is 0.448. The predicted molar refractivity (Wildman–Crippen MR) is 222 cm³/mol. The third-order valence-corrected chi connectivity index (χ3v) is 14.1. The van der Waals surface area contributed by atoms with Crippen LogP contribution >= 0.6 is 0 Å². The Balaban J connectivity index is 0.970. The van der Waals surface area contributed by atoms with E-state index in [1.807, 2.05) is 0 Å². The lowest BCUT2D eigenvalue weighted by Crippen LogP contribution is -2.87. The van der Waals surface area contributed by atoms with Crippen LogP contribution in [0.4, 0.5) is 34.1 Å². The van der Waals surface area contributed by atoms with Crippen LogP contribution in [-0.2, 0) is 5.41 Å². The van der Waals surface area contributed by atoms with Gasteiger partial charge in [-0.1, -0.05) is 91.0 Å². The summed E-state index contributed by atoms with van der Waals surface area (Å²) in [6.07, 6.45) is 5.79. The highest BCUT2D eigenvalue weighted by Crippen LogP contribution is 2.92. The molecule has 1 aromatic heterocycles. The molecular weight excluding hydrogens is 657 g/mol. The molecule has 0 radical (unpaired) electrons. The molecule has 3 nitrogen and oxygen atoms in total. The number of anilines is 6. The van der Waals surface area contributed by atoms with Gasteiger partial charge in [0.1, 0.15) is 11.2 Å². The number of para-hydroxylation sites is 2. The first-order valence-corrected chi connectivity index (χ1v) is 19.6. The Bertz CT molecular complexity index is 2620. The topological polar surface area (TPSA) is 19.6 Å². The Morgan fingerprint density at radius 1 is 0.407 bits per heavy atom. The van der Waals surface area contributed by atoms with Gasteiger partial charge in [-0.2, -0.15) is 0 Å². The number of rotatable bonds is 8. The van der Waals surface area contributed by atoms with Crippen LogP contribution in [0.25, 0.3) is 33.1 Å². The van der Waals surface area contributed by atoms with Crippen molar-refractivity contribution in [2.24, 2.45) is 23.2 Å². The molecule has 12 rings (SSSR count). The smallest absolute Gasteiger partial charge is 0.135 e. The Morgan fingerprint density at radius 2 is 0.833 bits per heavy atom. The monoisotopic (exact) mass is 696 g/mol. The summed E-state index contributed by atoms with van der Waals surface area (Å²) in [5, 5.41) is 2.21. The summed E-state index contributed by atoms with van der Waals surface area (Å²) in [6.45, 7) is 0. The Labute approximate surface area is 316 Å². The predicted octanol–water partition coefficient (Wildman–Crippen LogP) is 13.9. The lowest BCUT2D eigenvalue weighted by Gasteiger charge is -2.91. The number of furan rings is 1. The first-order chi connectivity index (χ1) is 26.7. The average molecular weight is 697 g/mol. The molecule has 260 valence electrons. The molecule has 1 heterocycles. The fraction of sp³-hybridized carbons (Fsp3) is 0.176. The van der Waals surface area contributed by atoms with E-state index < -0.39 is 0 Å². The van der Waals surface area contributed by atoms with Crippen LogP contribution in [0, 0.1) is 23.2 Å². The second kappa shape index (κ2) is 11.2. The molecule has 7 aromatic carbocycles. The van der Waals surface area contributed by atoms with Crippen LogP contribution in [-0.4, -0.2) is 0 Å². The largest absolute Gasteiger partial charge is 0.456 e. The summed E-state index contributed by atoms with van der Waals surface area (Å²) < 4.78 is 6.50. The zero-order valence-electron chi connectivity index (χ0n) is 30.1. The van der Waals surface area contributed by atoms with Gasteiger partial charge in [0.2, 0.25) is 0 Å². The molecule has 1 spiro atoms. The molecule has 0 aliphatic heterocycles. The Kier molecular flexibility index (Phi) is 6.32. The Morgan fingerprint density at radius 3 is 1.31 bits per heavy atom. The quantitative estimate of drug-likeness (QED) is 0.158. The molecule has 0 bridgehead atoms. The lowest BCUT2D eigenvalue weighted by molar-refractivity contribution is -0.395. The van der Waals surface area contributed by atoms with E-state index in [9.17, 15) is 0 Å². The molecule has 0 amide bonds. The van der Waals surface area contributed by atoms with Gasteiger partial charge in [0.05, 0.1) is 0 Å². The van der Waals surface area contributed by atoms with E-state index in [4.69, 9.17) is 4.42 Å². The molecule has 3 heteroatoms. The molecule has 2 unspecified atom stereocenters. The second-order valence-corrected chi connectivity index (χ2v) is 16.3. The van der Waals surface area contributed by atoms with Crippen LogP contribution in [0.15, 0.2) is 180 Å². The van der Waals surface area contributed by atoms with Crippen molar-refractivity contribution in [2.75, 3.05) is 9.80 Å². The van der Waals surface area contributed by atoms with Crippen molar-refractivity contribution >= 4 is 56.1 Å². The maximum Gasteiger partial charge on any atom is 0.135 e. The number of fused-ring (bicyclic) bond motifs is 3. The second-order valence-electron chi connectivity index (χ2n) is 16.3. The van der Waals surface area contributed by atoms with E-state index in [1.54, 1.807) is 5.56 Å². The molecule has 4 saturated carbocycles. The van der Waals surface area contributed by atoms with Crippen molar-refractivity contribution in [3.05, 3.63) is 181 Å². The van der Waals surface area contributed by atoms with Crippen LogP contribution in [0.2, 0.25) is 0 Å². The van der Waals surface area contributed by atoms with Crippen LogP contribution in [0.3, 0.4) is 0 Å². The molecule has 0 N–H and O–H groups in total. The molecule has 54 heavy (non-hydrogen) atoms. The summed E-state index contributed by atoms with van der Waals surface area (Å²) in [6, 6.07) is 63.8. The van der Waals surface area contributed by atoms with E-state index >= 15 is 0 Å². The van der Waals surface area contributed by atoms with Crippen LogP contribution < -0.4 is 9.80 Å². The zero-order chi connectivity index (χ0) is 35.4. The normalized spacial score (nSPS) is 24.3. The fourth-order valence-electron chi connectivity index (χ4n) is 11.9. The summed E-state index contributed by atoms with van der Waals surface area (Å²) in [7, 11) is 0. The minimum atomic E-state index is 0.448. The van der Waals surface area contributed by atoms with Crippen LogP contribution in [0.5, 0.6) is 0 Å². The third kappa shape index (κ3) is 4.07. The SMILES string of the molecule is c1ccc(-c2ccc(N(c3ccc(C45CC6CC7CC(C4)C765)cc3)c3ccc4oc5ccc(N(c6ccccc6)c6ccccc6)cc5c4c3)cc2)cc1. The molecule has 0 saturated heterocycles. The standard InChI is InChI=1S/C51H40N2O/c1-4-10-34(11-5-1)35-16-20-42(21-17-35)53(43-22-18-36(19-23-43)50-32-38-28-37-29-39(33-50)51(37,38)50)45-25-27-49-47(31-45)46-30-44(24-26-48(46)54-49)52(40-12-6-2-7-13-40)41-14-8-3-9-15-41/h1-27,30-31,37-39H,28-29,32-33H2. The van der Waals surface area contributed by atoms with Gasteiger partial charge in [-0.3, -0.25) is 0 Å². The first kappa shape index (κ1) is 30.4. The van der Waals surface area contributed by atoms with Crippen molar-refractivity contribution in [3.63, 3.8) is 0 Å². The van der Waals surface area contributed by atoms with Crippen molar-refractivity contribution < 1.29 is 4.42 Å². The van der Waals surface area contributed by atoms with Gasteiger partial charge >= 0.3 is 0 Å². The molecule has 2 atom stereocenters. The van der Waals surface area contributed by atoms with E-state index in [2.05, 4.69) is 186 Å². The summed E-state index contributed by atoms with van der Waals surface area (Å²) in [5.74, 6) is 3.00. The molecule has 4 fully saturated rings. The maximum atomic E-state index is 6.50. The van der Waals surface area contributed by atoms with Gasteiger partial charge in [-0.25, -0.2) is 0 Å². The van der Waals surface area contributed by atoms with Gasteiger partial charge < -0.3 is 14.2 Å². The third-order valence-electron chi connectivity index (χ3n) is 14.1.